The molecule has 0 saturated heterocycles. The van der Waals surface area contributed by atoms with Gasteiger partial charge in [0.25, 0.3) is 0 Å². The van der Waals surface area contributed by atoms with Crippen molar-refractivity contribution in [3.8, 4) is 0 Å². The number of nitrogens with two attached hydrogens (primary N) is 1. The standard InChI is InChI=1S/C11H16N6S/c1-2-9-15-10(5-11(16-9)17-12)13-4-3-8-6-18-7-14-8/h5-7H,2-4,12H2,1H3,(H2,13,15,16,17). The molecule has 2 aromatic heterocycles. The molecule has 2 aromatic rings. The summed E-state index contributed by atoms with van der Waals surface area (Å²) in [6, 6.07) is 1.79. The number of aromatic nitrogens is 3. The largest absolute Gasteiger partial charge is 0.370 e. The maximum atomic E-state index is 5.37. The minimum Gasteiger partial charge on any atom is -0.370 e. The number of anilines is 2. The van der Waals surface area contributed by atoms with Crippen LogP contribution in [0.3, 0.4) is 0 Å². The van der Waals surface area contributed by atoms with Gasteiger partial charge in [0.1, 0.15) is 17.5 Å². The Hall–Kier alpha value is -1.73. The maximum absolute atomic E-state index is 5.37. The summed E-state index contributed by atoms with van der Waals surface area (Å²) in [5.41, 5.74) is 5.48. The summed E-state index contributed by atoms with van der Waals surface area (Å²) < 4.78 is 0. The number of thiazole rings is 1. The lowest BCUT2D eigenvalue weighted by atomic mass is 10.3. The van der Waals surface area contributed by atoms with Gasteiger partial charge in [-0.05, 0) is 0 Å². The fourth-order valence-corrected chi connectivity index (χ4v) is 2.09. The van der Waals surface area contributed by atoms with Crippen molar-refractivity contribution in [3.05, 3.63) is 28.5 Å². The molecule has 2 heterocycles. The average molecular weight is 264 g/mol. The molecule has 7 heteroatoms. The van der Waals surface area contributed by atoms with E-state index in [9.17, 15) is 0 Å². The van der Waals surface area contributed by atoms with Gasteiger partial charge in [0.15, 0.2) is 0 Å². The number of aryl methyl sites for hydroxylation is 1. The monoisotopic (exact) mass is 264 g/mol. The van der Waals surface area contributed by atoms with Gasteiger partial charge in [0.05, 0.1) is 11.2 Å². The highest BCUT2D eigenvalue weighted by Gasteiger charge is 2.02. The molecule has 4 N–H and O–H groups in total. The molecule has 0 unspecified atom stereocenters. The number of nitrogens with zero attached hydrogens (tertiary/aromatic N) is 3. The molecule has 18 heavy (non-hydrogen) atoms. The Balaban J connectivity index is 1.95. The second kappa shape index (κ2) is 6.27. The molecule has 6 nitrogen and oxygen atoms in total. The van der Waals surface area contributed by atoms with Crippen LogP contribution in [-0.4, -0.2) is 21.5 Å². The molecule has 0 spiro atoms. The van der Waals surface area contributed by atoms with Crippen molar-refractivity contribution in [1.29, 1.82) is 0 Å². The van der Waals surface area contributed by atoms with Gasteiger partial charge in [-0.15, -0.1) is 11.3 Å². The second-order valence-corrected chi connectivity index (χ2v) is 4.43. The zero-order valence-electron chi connectivity index (χ0n) is 10.2. The van der Waals surface area contributed by atoms with E-state index < -0.39 is 0 Å². The number of hydrogen-bond acceptors (Lipinski definition) is 7. The third-order valence-electron chi connectivity index (χ3n) is 2.41. The third kappa shape index (κ3) is 3.38. The normalized spacial score (nSPS) is 10.3. The molecular weight excluding hydrogens is 248 g/mol. The highest BCUT2D eigenvalue weighted by atomic mass is 32.1. The Kier molecular flexibility index (Phi) is 4.43. The molecular formula is C11H16N6S. The lowest BCUT2D eigenvalue weighted by molar-refractivity contribution is 0.917. The number of nitrogens with one attached hydrogen (secondary N) is 2. The molecule has 2 rings (SSSR count). The van der Waals surface area contributed by atoms with Crippen LogP contribution in [0.2, 0.25) is 0 Å². The van der Waals surface area contributed by atoms with E-state index in [1.165, 1.54) is 0 Å². The average Bonchev–Trinajstić information content (AvgIpc) is 2.91. The van der Waals surface area contributed by atoms with Crippen LogP contribution in [0.4, 0.5) is 11.6 Å². The van der Waals surface area contributed by atoms with Crippen LogP contribution in [0, 0.1) is 0 Å². The fourth-order valence-electron chi connectivity index (χ4n) is 1.50. The summed E-state index contributed by atoms with van der Waals surface area (Å²) >= 11 is 1.61. The van der Waals surface area contributed by atoms with Gasteiger partial charge in [-0.1, -0.05) is 6.92 Å². The number of nitrogen functional groups attached to an aromatic ring is 1. The van der Waals surface area contributed by atoms with Crippen molar-refractivity contribution in [2.75, 3.05) is 17.3 Å². The zero-order valence-corrected chi connectivity index (χ0v) is 11.0. The highest BCUT2D eigenvalue weighted by molar-refractivity contribution is 7.07. The Morgan fingerprint density at radius 1 is 1.33 bits per heavy atom. The van der Waals surface area contributed by atoms with Gasteiger partial charge in [0, 0.05) is 30.8 Å². The zero-order chi connectivity index (χ0) is 12.8. The number of hydrogen-bond donors (Lipinski definition) is 3. The summed E-state index contributed by atoms with van der Waals surface area (Å²) in [5, 5.41) is 5.30. The fraction of sp³-hybridized carbons (Fsp3) is 0.364. The number of rotatable bonds is 6. The van der Waals surface area contributed by atoms with Crippen molar-refractivity contribution < 1.29 is 0 Å². The quantitative estimate of drug-likeness (QED) is 0.540. The summed E-state index contributed by atoms with van der Waals surface area (Å²) in [6.07, 6.45) is 1.65. The van der Waals surface area contributed by atoms with Crippen molar-refractivity contribution in [2.45, 2.75) is 19.8 Å². The molecule has 0 aliphatic heterocycles. The van der Waals surface area contributed by atoms with E-state index in [0.29, 0.717) is 5.82 Å². The van der Waals surface area contributed by atoms with E-state index in [2.05, 4.69) is 25.7 Å². The minimum absolute atomic E-state index is 0.623. The first-order valence-corrected chi connectivity index (χ1v) is 6.71. The number of hydrazine groups is 1. The summed E-state index contributed by atoms with van der Waals surface area (Å²) in [5.74, 6) is 7.54. The van der Waals surface area contributed by atoms with Gasteiger partial charge >= 0.3 is 0 Å². The summed E-state index contributed by atoms with van der Waals surface area (Å²) in [6.45, 7) is 2.79. The Bertz CT molecular complexity index is 462. The molecule has 0 radical (unpaired) electrons. The SMILES string of the molecule is CCc1nc(NN)cc(NCCc2cscn2)n1. The molecule has 0 bridgehead atoms. The summed E-state index contributed by atoms with van der Waals surface area (Å²) in [4.78, 5) is 12.8. The molecule has 0 saturated carbocycles. The molecule has 0 fully saturated rings. The Morgan fingerprint density at radius 2 is 2.17 bits per heavy atom. The van der Waals surface area contributed by atoms with Gasteiger partial charge < -0.3 is 10.7 Å². The Labute approximate surface area is 110 Å². The van der Waals surface area contributed by atoms with Crippen LogP contribution >= 0.6 is 11.3 Å². The predicted molar refractivity (Wildman–Crippen MR) is 73.5 cm³/mol. The first kappa shape index (κ1) is 12.7. The van der Waals surface area contributed by atoms with Gasteiger partial charge in [-0.3, -0.25) is 0 Å². The first-order valence-electron chi connectivity index (χ1n) is 5.77. The van der Waals surface area contributed by atoms with Crippen LogP contribution in [0.5, 0.6) is 0 Å². The van der Waals surface area contributed by atoms with E-state index >= 15 is 0 Å². The minimum atomic E-state index is 0.623. The maximum Gasteiger partial charge on any atom is 0.145 e. The smallest absolute Gasteiger partial charge is 0.145 e. The molecule has 96 valence electrons. The topological polar surface area (TPSA) is 88.8 Å². The van der Waals surface area contributed by atoms with E-state index in [1.54, 1.807) is 17.4 Å². The van der Waals surface area contributed by atoms with Crippen LogP contribution in [0.25, 0.3) is 0 Å². The third-order valence-corrected chi connectivity index (χ3v) is 3.04. The van der Waals surface area contributed by atoms with Gasteiger partial charge in [0.2, 0.25) is 0 Å². The van der Waals surface area contributed by atoms with Crippen molar-refractivity contribution in [3.63, 3.8) is 0 Å². The molecule has 0 aliphatic rings. The second-order valence-electron chi connectivity index (χ2n) is 3.71. The molecule has 0 amide bonds. The summed E-state index contributed by atoms with van der Waals surface area (Å²) in [7, 11) is 0. The van der Waals surface area contributed by atoms with Crippen molar-refractivity contribution >= 4 is 23.0 Å². The van der Waals surface area contributed by atoms with Crippen molar-refractivity contribution in [1.82, 2.24) is 15.0 Å². The molecule has 0 atom stereocenters. The molecule has 0 aliphatic carbocycles. The molecule has 0 aromatic carbocycles. The first-order chi connectivity index (χ1) is 8.81. The lowest BCUT2D eigenvalue weighted by Gasteiger charge is -2.08. The predicted octanol–water partition coefficient (Wildman–Crippen LogP) is 1.44. The van der Waals surface area contributed by atoms with Crippen molar-refractivity contribution in [2.24, 2.45) is 5.84 Å². The van der Waals surface area contributed by atoms with E-state index in [-0.39, 0.29) is 0 Å². The lowest BCUT2D eigenvalue weighted by Crippen LogP contribution is -2.13. The van der Waals surface area contributed by atoms with Gasteiger partial charge in [-0.25, -0.2) is 20.8 Å². The highest BCUT2D eigenvalue weighted by Crippen LogP contribution is 2.11. The van der Waals surface area contributed by atoms with E-state index in [1.807, 2.05) is 17.8 Å². The van der Waals surface area contributed by atoms with Crippen LogP contribution in [0.1, 0.15) is 18.4 Å². The van der Waals surface area contributed by atoms with Crippen LogP contribution in [-0.2, 0) is 12.8 Å². The van der Waals surface area contributed by atoms with Crippen LogP contribution in [0.15, 0.2) is 17.0 Å². The van der Waals surface area contributed by atoms with Crippen LogP contribution < -0.4 is 16.6 Å². The van der Waals surface area contributed by atoms with E-state index in [4.69, 9.17) is 5.84 Å². The van der Waals surface area contributed by atoms with Gasteiger partial charge in [-0.2, -0.15) is 0 Å². The van der Waals surface area contributed by atoms with E-state index in [0.717, 1.165) is 36.7 Å². The Morgan fingerprint density at radius 3 is 2.83 bits per heavy atom.